The molecule has 0 saturated heterocycles. The third-order valence-corrected chi connectivity index (χ3v) is 2.81. The summed E-state index contributed by atoms with van der Waals surface area (Å²) in [6.07, 6.45) is 0. The number of phenolic OH excluding ortho intramolecular Hbond substituents is 2. The summed E-state index contributed by atoms with van der Waals surface area (Å²) < 4.78 is 11.1. The summed E-state index contributed by atoms with van der Waals surface area (Å²) in [5.74, 6) is 1.66. The van der Waals surface area contributed by atoms with Gasteiger partial charge < -0.3 is 19.4 Å². The van der Waals surface area contributed by atoms with Gasteiger partial charge in [-0.3, -0.25) is 0 Å². The van der Waals surface area contributed by atoms with Gasteiger partial charge in [-0.2, -0.15) is 0 Å². The van der Waals surface area contributed by atoms with Crippen molar-refractivity contribution in [1.82, 2.24) is 0 Å². The van der Waals surface area contributed by atoms with Gasteiger partial charge in [-0.05, 0) is 42.5 Å². The number of hydrogen-bond donors (Lipinski definition) is 2. The van der Waals surface area contributed by atoms with Gasteiger partial charge in [0, 0.05) is 0 Å². The van der Waals surface area contributed by atoms with E-state index in [0.29, 0.717) is 22.5 Å². The molecule has 0 bridgehead atoms. The Morgan fingerprint density at radius 3 is 2.53 bits per heavy atom. The van der Waals surface area contributed by atoms with E-state index in [4.69, 9.17) is 14.3 Å². The molecule has 96 valence electrons. The highest BCUT2D eigenvalue weighted by molar-refractivity contribution is 5.84. The molecule has 0 radical (unpaired) electrons. The Hall–Kier alpha value is -2.62. The molecule has 0 amide bonds. The van der Waals surface area contributed by atoms with Crippen LogP contribution < -0.4 is 4.74 Å². The van der Waals surface area contributed by atoms with E-state index in [0.717, 1.165) is 0 Å². The van der Waals surface area contributed by atoms with Crippen molar-refractivity contribution in [3.63, 3.8) is 0 Å². The third-order valence-electron chi connectivity index (χ3n) is 2.81. The van der Waals surface area contributed by atoms with Crippen molar-refractivity contribution in [3.8, 4) is 17.2 Å². The second kappa shape index (κ2) is 4.57. The van der Waals surface area contributed by atoms with Gasteiger partial charge in [0.1, 0.15) is 35.2 Å². The second-order valence-electron chi connectivity index (χ2n) is 4.18. The van der Waals surface area contributed by atoms with Gasteiger partial charge in [-0.25, -0.2) is 0 Å². The number of rotatable bonds is 3. The summed E-state index contributed by atoms with van der Waals surface area (Å²) >= 11 is 0. The van der Waals surface area contributed by atoms with Crippen molar-refractivity contribution < 1.29 is 19.4 Å². The first-order chi connectivity index (χ1) is 9.22. The van der Waals surface area contributed by atoms with Crippen LogP contribution in [0.3, 0.4) is 0 Å². The SMILES string of the molecule is Oc1ccc(OCc2cc3c(O)cccc3o2)cc1. The maximum absolute atomic E-state index is 9.67. The van der Waals surface area contributed by atoms with Gasteiger partial charge in [-0.15, -0.1) is 0 Å². The van der Waals surface area contributed by atoms with E-state index in [1.165, 1.54) is 0 Å². The fraction of sp³-hybridized carbons (Fsp3) is 0.0667. The molecule has 19 heavy (non-hydrogen) atoms. The second-order valence-corrected chi connectivity index (χ2v) is 4.18. The topological polar surface area (TPSA) is 62.8 Å². The van der Waals surface area contributed by atoms with E-state index in [1.807, 2.05) is 0 Å². The van der Waals surface area contributed by atoms with Gasteiger partial charge in [-0.1, -0.05) is 6.07 Å². The van der Waals surface area contributed by atoms with Crippen LogP contribution in [-0.2, 0) is 6.61 Å². The summed E-state index contributed by atoms with van der Waals surface area (Å²) in [7, 11) is 0. The zero-order valence-corrected chi connectivity index (χ0v) is 10.0. The minimum Gasteiger partial charge on any atom is -0.508 e. The van der Waals surface area contributed by atoms with Gasteiger partial charge >= 0.3 is 0 Å². The molecular formula is C15H12O4. The Bertz CT molecular complexity index is 698. The van der Waals surface area contributed by atoms with E-state index in [2.05, 4.69) is 0 Å². The lowest BCUT2D eigenvalue weighted by Crippen LogP contribution is -1.92. The van der Waals surface area contributed by atoms with Crippen LogP contribution in [0.25, 0.3) is 11.0 Å². The van der Waals surface area contributed by atoms with Crippen LogP contribution in [-0.4, -0.2) is 10.2 Å². The van der Waals surface area contributed by atoms with Crippen LogP contribution in [0.5, 0.6) is 17.2 Å². The monoisotopic (exact) mass is 256 g/mol. The Morgan fingerprint density at radius 1 is 1.00 bits per heavy atom. The highest BCUT2D eigenvalue weighted by Crippen LogP contribution is 2.28. The Labute approximate surface area is 109 Å². The van der Waals surface area contributed by atoms with E-state index >= 15 is 0 Å². The number of phenols is 2. The summed E-state index contributed by atoms with van der Waals surface area (Å²) in [6, 6.07) is 13.4. The summed E-state index contributed by atoms with van der Waals surface area (Å²) in [6.45, 7) is 0.263. The van der Waals surface area contributed by atoms with Gasteiger partial charge in [0.2, 0.25) is 0 Å². The molecule has 0 atom stereocenters. The van der Waals surface area contributed by atoms with Gasteiger partial charge in [0.15, 0.2) is 0 Å². The molecular weight excluding hydrogens is 244 g/mol. The van der Waals surface area contributed by atoms with Crippen molar-refractivity contribution in [1.29, 1.82) is 0 Å². The molecule has 0 aliphatic heterocycles. The Kier molecular flexibility index (Phi) is 2.76. The first-order valence-corrected chi connectivity index (χ1v) is 5.84. The minimum absolute atomic E-state index is 0.192. The molecule has 0 saturated carbocycles. The molecule has 4 heteroatoms. The molecule has 2 N–H and O–H groups in total. The molecule has 0 fully saturated rings. The van der Waals surface area contributed by atoms with E-state index in [-0.39, 0.29) is 18.1 Å². The highest BCUT2D eigenvalue weighted by Gasteiger charge is 2.07. The van der Waals surface area contributed by atoms with Crippen LogP contribution in [0.2, 0.25) is 0 Å². The molecule has 3 rings (SSSR count). The summed E-state index contributed by atoms with van der Waals surface area (Å²) in [5.41, 5.74) is 0.629. The third kappa shape index (κ3) is 2.33. The molecule has 0 aliphatic rings. The Morgan fingerprint density at radius 2 is 1.79 bits per heavy atom. The lowest BCUT2D eigenvalue weighted by atomic mass is 10.2. The van der Waals surface area contributed by atoms with Crippen molar-refractivity contribution in [2.75, 3.05) is 0 Å². The average Bonchev–Trinajstić information content (AvgIpc) is 2.83. The number of hydrogen-bond acceptors (Lipinski definition) is 4. The normalized spacial score (nSPS) is 10.7. The van der Waals surface area contributed by atoms with Gasteiger partial charge in [0.25, 0.3) is 0 Å². The average molecular weight is 256 g/mol. The molecule has 2 aromatic carbocycles. The summed E-state index contributed by atoms with van der Waals surface area (Å²) in [4.78, 5) is 0. The fourth-order valence-corrected chi connectivity index (χ4v) is 1.87. The number of furan rings is 1. The van der Waals surface area contributed by atoms with Crippen molar-refractivity contribution in [2.24, 2.45) is 0 Å². The maximum Gasteiger partial charge on any atom is 0.146 e. The van der Waals surface area contributed by atoms with Crippen LogP contribution in [0.15, 0.2) is 52.9 Å². The van der Waals surface area contributed by atoms with Crippen LogP contribution in [0.1, 0.15) is 5.76 Å². The molecule has 4 nitrogen and oxygen atoms in total. The van der Waals surface area contributed by atoms with Crippen LogP contribution >= 0.6 is 0 Å². The van der Waals surface area contributed by atoms with E-state index in [1.54, 1.807) is 48.5 Å². The lowest BCUT2D eigenvalue weighted by molar-refractivity contribution is 0.274. The van der Waals surface area contributed by atoms with E-state index < -0.39 is 0 Å². The number of benzene rings is 2. The number of ether oxygens (including phenoxy) is 1. The van der Waals surface area contributed by atoms with Crippen molar-refractivity contribution >= 4 is 11.0 Å². The predicted octanol–water partition coefficient (Wildman–Crippen LogP) is 3.42. The maximum atomic E-state index is 9.67. The zero-order valence-electron chi connectivity index (χ0n) is 10.0. The molecule has 3 aromatic rings. The summed E-state index contributed by atoms with van der Waals surface area (Å²) in [5, 5.41) is 19.5. The fourth-order valence-electron chi connectivity index (χ4n) is 1.87. The first-order valence-electron chi connectivity index (χ1n) is 5.84. The quantitative estimate of drug-likeness (QED) is 0.753. The predicted molar refractivity (Wildman–Crippen MR) is 70.3 cm³/mol. The highest BCUT2D eigenvalue weighted by atomic mass is 16.5. The van der Waals surface area contributed by atoms with Crippen molar-refractivity contribution in [3.05, 3.63) is 54.3 Å². The Balaban J connectivity index is 1.78. The first kappa shape index (κ1) is 11.5. The van der Waals surface area contributed by atoms with Crippen molar-refractivity contribution in [2.45, 2.75) is 6.61 Å². The number of aromatic hydroxyl groups is 2. The van der Waals surface area contributed by atoms with Crippen LogP contribution in [0.4, 0.5) is 0 Å². The molecule has 0 spiro atoms. The number of fused-ring (bicyclic) bond motifs is 1. The van der Waals surface area contributed by atoms with E-state index in [9.17, 15) is 5.11 Å². The standard InChI is InChI=1S/C15H12O4/c16-10-4-6-11(7-5-10)18-9-12-8-13-14(17)2-1-3-15(13)19-12/h1-8,16-17H,9H2. The largest absolute Gasteiger partial charge is 0.508 e. The molecule has 1 heterocycles. The zero-order chi connectivity index (χ0) is 13.2. The smallest absolute Gasteiger partial charge is 0.146 e. The minimum atomic E-state index is 0.192. The van der Waals surface area contributed by atoms with Crippen LogP contribution in [0, 0.1) is 0 Å². The van der Waals surface area contributed by atoms with Gasteiger partial charge in [0.05, 0.1) is 5.39 Å². The molecule has 1 aromatic heterocycles. The molecule has 0 unspecified atom stereocenters. The lowest BCUT2D eigenvalue weighted by Gasteiger charge is -2.03. The molecule has 0 aliphatic carbocycles.